The van der Waals surface area contributed by atoms with E-state index in [1.54, 1.807) is 0 Å². The number of benzene rings is 2. The second kappa shape index (κ2) is 10.0. The lowest BCUT2D eigenvalue weighted by Gasteiger charge is -2.14. The second-order valence-electron chi connectivity index (χ2n) is 6.59. The predicted octanol–water partition coefficient (Wildman–Crippen LogP) is 4.17. The molecule has 0 aromatic heterocycles. The molecule has 0 spiro atoms. The van der Waals surface area contributed by atoms with Gasteiger partial charge in [0.05, 0.1) is 6.21 Å². The first-order valence-corrected chi connectivity index (χ1v) is 9.87. The number of nitrogens with one attached hydrogen (secondary N) is 3. The predicted molar refractivity (Wildman–Crippen MR) is 117 cm³/mol. The van der Waals surface area contributed by atoms with Crippen molar-refractivity contribution in [3.63, 3.8) is 0 Å². The lowest BCUT2D eigenvalue weighted by atomic mass is 10.1. The van der Waals surface area contributed by atoms with E-state index in [-0.39, 0.29) is 6.04 Å². The fourth-order valence-electron chi connectivity index (χ4n) is 2.39. The van der Waals surface area contributed by atoms with Gasteiger partial charge in [0.1, 0.15) is 0 Å². The number of carbonyl (C=O) groups excluding carboxylic acids is 2. The quantitative estimate of drug-likeness (QED) is 0.355. The fraction of sp³-hybridized carbons (Fsp3) is 0.286. The van der Waals surface area contributed by atoms with Crippen LogP contribution in [0.2, 0.25) is 0 Å². The van der Waals surface area contributed by atoms with Gasteiger partial charge in [0.2, 0.25) is 0 Å². The number of hydrogen-bond donors (Lipinski definition) is 3. The first kappa shape index (κ1) is 21.6. The number of carbonyl (C=O) groups is 2. The van der Waals surface area contributed by atoms with E-state index < -0.39 is 11.8 Å². The zero-order chi connectivity index (χ0) is 20.7. The molecule has 0 aliphatic rings. The first-order valence-electron chi connectivity index (χ1n) is 9.08. The van der Waals surface area contributed by atoms with Crippen LogP contribution < -0.4 is 16.1 Å². The van der Waals surface area contributed by atoms with E-state index in [4.69, 9.17) is 0 Å². The summed E-state index contributed by atoms with van der Waals surface area (Å²) in [5, 5.41) is 9.93. The molecule has 2 aromatic carbocycles. The summed E-state index contributed by atoms with van der Waals surface area (Å²) in [6, 6.07) is 11.7. The standard InChI is InChI=1S/C21H25BrN4O2/c1-5-14(3)24-20(27)21(28)26-23-12-16-11-17(22)9-10-19(16)25-18-8-6-7-13(2)15(18)4/h6-12,14,25H,5H2,1-4H3,(H,24,27)(H,26,28)/b23-12-/t14-/m0/s1. The molecule has 7 heteroatoms. The van der Waals surface area contributed by atoms with Crippen LogP contribution in [0, 0.1) is 13.8 Å². The third-order valence-corrected chi connectivity index (χ3v) is 4.95. The maximum Gasteiger partial charge on any atom is 0.329 e. The maximum absolute atomic E-state index is 11.8. The van der Waals surface area contributed by atoms with Crippen LogP contribution in [0.4, 0.5) is 11.4 Å². The molecule has 0 aliphatic heterocycles. The van der Waals surface area contributed by atoms with E-state index in [1.807, 2.05) is 44.2 Å². The fourth-order valence-corrected chi connectivity index (χ4v) is 2.77. The number of nitrogens with zero attached hydrogens (tertiary/aromatic N) is 1. The first-order chi connectivity index (χ1) is 13.3. The molecule has 0 radical (unpaired) electrons. The van der Waals surface area contributed by atoms with Crippen molar-refractivity contribution in [2.75, 3.05) is 5.32 Å². The highest BCUT2D eigenvalue weighted by Crippen LogP contribution is 2.26. The number of halogens is 1. The molecule has 2 rings (SSSR count). The molecule has 0 unspecified atom stereocenters. The summed E-state index contributed by atoms with van der Waals surface area (Å²) in [5.41, 5.74) is 7.20. The van der Waals surface area contributed by atoms with Gasteiger partial charge in [-0.15, -0.1) is 0 Å². The smallest absolute Gasteiger partial charge is 0.329 e. The van der Waals surface area contributed by atoms with Crippen LogP contribution in [0.1, 0.15) is 37.0 Å². The Balaban J connectivity index is 2.14. The monoisotopic (exact) mass is 444 g/mol. The summed E-state index contributed by atoms with van der Waals surface area (Å²) in [6.07, 6.45) is 2.25. The molecular formula is C21H25BrN4O2. The van der Waals surface area contributed by atoms with Gasteiger partial charge in [0, 0.05) is 27.5 Å². The molecule has 6 nitrogen and oxygen atoms in total. The number of rotatable bonds is 6. The summed E-state index contributed by atoms with van der Waals surface area (Å²) in [7, 11) is 0. The molecule has 2 aromatic rings. The van der Waals surface area contributed by atoms with Crippen molar-refractivity contribution < 1.29 is 9.59 Å². The number of hydrogen-bond acceptors (Lipinski definition) is 4. The molecule has 2 amide bonds. The highest BCUT2D eigenvalue weighted by atomic mass is 79.9. The maximum atomic E-state index is 11.8. The van der Waals surface area contributed by atoms with Gasteiger partial charge in [-0.1, -0.05) is 35.0 Å². The molecule has 0 heterocycles. The topological polar surface area (TPSA) is 82.6 Å². The largest absolute Gasteiger partial charge is 0.355 e. The second-order valence-corrected chi connectivity index (χ2v) is 7.50. The van der Waals surface area contributed by atoms with E-state index >= 15 is 0 Å². The van der Waals surface area contributed by atoms with Gasteiger partial charge in [-0.3, -0.25) is 9.59 Å². The minimum atomic E-state index is -0.796. The van der Waals surface area contributed by atoms with Gasteiger partial charge in [-0.2, -0.15) is 5.10 Å². The van der Waals surface area contributed by atoms with Crippen molar-refractivity contribution in [3.05, 3.63) is 57.6 Å². The number of hydrazone groups is 1. The lowest BCUT2D eigenvalue weighted by molar-refractivity contribution is -0.139. The molecule has 3 N–H and O–H groups in total. The van der Waals surface area contributed by atoms with E-state index in [9.17, 15) is 9.59 Å². The van der Waals surface area contributed by atoms with E-state index in [0.29, 0.717) is 0 Å². The van der Waals surface area contributed by atoms with Gasteiger partial charge < -0.3 is 10.6 Å². The van der Waals surface area contributed by atoms with Crippen LogP contribution >= 0.6 is 15.9 Å². The summed E-state index contributed by atoms with van der Waals surface area (Å²) in [6.45, 7) is 7.88. The van der Waals surface area contributed by atoms with Gasteiger partial charge in [0.25, 0.3) is 0 Å². The zero-order valence-electron chi connectivity index (χ0n) is 16.5. The normalized spacial score (nSPS) is 11.9. The van der Waals surface area contributed by atoms with Crippen molar-refractivity contribution in [2.24, 2.45) is 5.10 Å². The summed E-state index contributed by atoms with van der Waals surface area (Å²) in [4.78, 5) is 23.6. The molecular weight excluding hydrogens is 420 g/mol. The molecule has 28 heavy (non-hydrogen) atoms. The van der Waals surface area contributed by atoms with Gasteiger partial charge in [-0.05, 0) is 62.6 Å². The number of amides is 2. The third-order valence-electron chi connectivity index (χ3n) is 4.45. The highest BCUT2D eigenvalue weighted by molar-refractivity contribution is 9.10. The minimum Gasteiger partial charge on any atom is -0.355 e. The van der Waals surface area contributed by atoms with Crippen LogP contribution in [-0.2, 0) is 9.59 Å². The Bertz CT molecular complexity index is 896. The SMILES string of the molecule is CC[C@H](C)NC(=O)C(=O)N/N=C\c1cc(Br)ccc1Nc1cccc(C)c1C. The van der Waals surface area contributed by atoms with Crippen molar-refractivity contribution in [1.29, 1.82) is 0 Å². The molecule has 0 aliphatic carbocycles. The Morgan fingerprint density at radius 1 is 1.14 bits per heavy atom. The Morgan fingerprint density at radius 3 is 2.61 bits per heavy atom. The average Bonchev–Trinajstić information content (AvgIpc) is 2.66. The molecule has 1 atom stereocenters. The van der Waals surface area contributed by atoms with Crippen molar-refractivity contribution >= 4 is 45.3 Å². The summed E-state index contributed by atoms with van der Waals surface area (Å²) < 4.78 is 0.876. The van der Waals surface area contributed by atoms with Gasteiger partial charge in [0.15, 0.2) is 0 Å². The average molecular weight is 445 g/mol. The van der Waals surface area contributed by atoms with Gasteiger partial charge >= 0.3 is 11.8 Å². The minimum absolute atomic E-state index is 0.0688. The van der Waals surface area contributed by atoms with Crippen LogP contribution in [0.25, 0.3) is 0 Å². The Kier molecular flexibility index (Phi) is 7.75. The van der Waals surface area contributed by atoms with Crippen molar-refractivity contribution in [1.82, 2.24) is 10.7 Å². The van der Waals surface area contributed by atoms with E-state index in [1.165, 1.54) is 11.8 Å². The summed E-state index contributed by atoms with van der Waals surface area (Å²) in [5.74, 6) is -1.50. The zero-order valence-corrected chi connectivity index (χ0v) is 18.1. The summed E-state index contributed by atoms with van der Waals surface area (Å²) >= 11 is 3.45. The Morgan fingerprint density at radius 2 is 1.89 bits per heavy atom. The highest BCUT2D eigenvalue weighted by Gasteiger charge is 2.14. The van der Waals surface area contributed by atoms with Crippen LogP contribution in [0.15, 0.2) is 46.0 Å². The Hall–Kier alpha value is -2.67. The molecule has 0 saturated carbocycles. The number of aryl methyl sites for hydroxylation is 1. The third kappa shape index (κ3) is 5.92. The van der Waals surface area contributed by atoms with E-state index in [0.717, 1.165) is 33.4 Å². The number of anilines is 2. The van der Waals surface area contributed by atoms with Crippen molar-refractivity contribution in [3.8, 4) is 0 Å². The van der Waals surface area contributed by atoms with Crippen LogP contribution in [-0.4, -0.2) is 24.1 Å². The van der Waals surface area contributed by atoms with E-state index in [2.05, 4.69) is 57.0 Å². The molecule has 0 fully saturated rings. The Labute approximate surface area is 173 Å². The van der Waals surface area contributed by atoms with Crippen LogP contribution in [0.5, 0.6) is 0 Å². The molecule has 148 valence electrons. The molecule has 0 saturated heterocycles. The lowest BCUT2D eigenvalue weighted by Crippen LogP contribution is -2.41. The van der Waals surface area contributed by atoms with Crippen molar-refractivity contribution in [2.45, 2.75) is 40.2 Å². The van der Waals surface area contributed by atoms with Gasteiger partial charge in [-0.25, -0.2) is 5.43 Å². The van der Waals surface area contributed by atoms with Crippen LogP contribution in [0.3, 0.4) is 0 Å². The molecule has 0 bridgehead atoms.